The number of amides is 1. The van der Waals surface area contributed by atoms with E-state index in [1.165, 1.54) is 4.90 Å². The number of carbonyl (C=O) groups is 2. The summed E-state index contributed by atoms with van der Waals surface area (Å²) in [5.74, 6) is -1.84. The van der Waals surface area contributed by atoms with Gasteiger partial charge in [-0.25, -0.2) is 4.79 Å². The molecule has 7 heteroatoms. The zero-order valence-electron chi connectivity index (χ0n) is 14.0. The summed E-state index contributed by atoms with van der Waals surface area (Å²) < 4.78 is 7.08. The number of benzene rings is 1. The van der Waals surface area contributed by atoms with E-state index in [9.17, 15) is 14.7 Å². The van der Waals surface area contributed by atoms with Crippen molar-refractivity contribution in [2.24, 2.45) is 5.92 Å². The topological polar surface area (TPSA) is 84.7 Å². The maximum Gasteiger partial charge on any atom is 0.410 e. The molecule has 2 heterocycles. The second-order valence-corrected chi connectivity index (χ2v) is 6.13. The third-order valence-corrected chi connectivity index (χ3v) is 4.51. The van der Waals surface area contributed by atoms with Crippen molar-refractivity contribution in [1.82, 2.24) is 14.7 Å². The molecule has 1 N–H and O–H groups in total. The molecule has 1 amide bonds. The third-order valence-electron chi connectivity index (χ3n) is 4.51. The summed E-state index contributed by atoms with van der Waals surface area (Å²) in [5.41, 5.74) is 1.73. The molecule has 0 bridgehead atoms. The van der Waals surface area contributed by atoms with Gasteiger partial charge in [0, 0.05) is 31.7 Å². The Morgan fingerprint density at radius 2 is 2.04 bits per heavy atom. The quantitative estimate of drug-likeness (QED) is 0.901. The largest absolute Gasteiger partial charge is 0.481 e. The highest BCUT2D eigenvalue weighted by atomic mass is 16.6. The van der Waals surface area contributed by atoms with Crippen LogP contribution in [0.3, 0.4) is 0 Å². The second kappa shape index (κ2) is 7.38. The van der Waals surface area contributed by atoms with E-state index in [0.717, 1.165) is 11.1 Å². The number of rotatable bonds is 5. The molecule has 1 aromatic carbocycles. The van der Waals surface area contributed by atoms with E-state index in [0.29, 0.717) is 13.1 Å². The Bertz CT molecular complexity index is 744. The minimum Gasteiger partial charge on any atom is -0.481 e. The van der Waals surface area contributed by atoms with E-state index in [1.807, 2.05) is 43.5 Å². The maximum absolute atomic E-state index is 12.3. The van der Waals surface area contributed by atoms with Gasteiger partial charge in [0.15, 0.2) is 0 Å². The van der Waals surface area contributed by atoms with Crippen LogP contribution in [0.2, 0.25) is 0 Å². The number of aryl methyl sites for hydroxylation is 1. The van der Waals surface area contributed by atoms with Gasteiger partial charge in [-0.2, -0.15) is 5.10 Å². The molecule has 132 valence electrons. The molecule has 1 saturated heterocycles. The van der Waals surface area contributed by atoms with Gasteiger partial charge in [0.2, 0.25) is 0 Å². The average molecular weight is 343 g/mol. The first-order chi connectivity index (χ1) is 12.1. The lowest BCUT2D eigenvalue weighted by molar-refractivity contribution is -0.141. The van der Waals surface area contributed by atoms with Crippen LogP contribution in [0, 0.1) is 5.92 Å². The third kappa shape index (κ3) is 3.81. The number of nitrogens with zero attached hydrogens (tertiary/aromatic N) is 3. The number of aromatic nitrogens is 2. The molecule has 25 heavy (non-hydrogen) atoms. The summed E-state index contributed by atoms with van der Waals surface area (Å²) in [5, 5.41) is 13.7. The molecule has 3 rings (SSSR count). The lowest BCUT2D eigenvalue weighted by Crippen LogP contribution is -2.30. The smallest absolute Gasteiger partial charge is 0.410 e. The molecular weight excluding hydrogens is 322 g/mol. The van der Waals surface area contributed by atoms with Crippen molar-refractivity contribution in [1.29, 1.82) is 0 Å². The number of likely N-dealkylation sites (tertiary alicyclic amines) is 1. The van der Waals surface area contributed by atoms with E-state index in [4.69, 9.17) is 4.74 Å². The van der Waals surface area contributed by atoms with Gasteiger partial charge in [-0.05, 0) is 18.1 Å². The maximum atomic E-state index is 12.3. The number of ether oxygens (including phenoxy) is 1. The van der Waals surface area contributed by atoms with Crippen molar-refractivity contribution >= 4 is 12.1 Å². The molecule has 2 aromatic rings. The van der Waals surface area contributed by atoms with Crippen LogP contribution < -0.4 is 0 Å². The molecule has 1 fully saturated rings. The van der Waals surface area contributed by atoms with Crippen molar-refractivity contribution in [2.45, 2.75) is 26.0 Å². The lowest BCUT2D eigenvalue weighted by Gasteiger charge is -2.16. The fourth-order valence-corrected chi connectivity index (χ4v) is 3.10. The fourth-order valence-electron chi connectivity index (χ4n) is 3.10. The van der Waals surface area contributed by atoms with Crippen molar-refractivity contribution in [3.8, 4) is 0 Å². The van der Waals surface area contributed by atoms with Gasteiger partial charge < -0.3 is 14.7 Å². The first-order valence-corrected chi connectivity index (χ1v) is 8.29. The number of carbonyl (C=O) groups excluding carboxylic acids is 1. The van der Waals surface area contributed by atoms with Crippen molar-refractivity contribution < 1.29 is 19.4 Å². The molecular formula is C18H21N3O4. The van der Waals surface area contributed by atoms with Crippen LogP contribution in [0.5, 0.6) is 0 Å². The van der Waals surface area contributed by atoms with Crippen LogP contribution in [0.25, 0.3) is 0 Å². The van der Waals surface area contributed by atoms with Gasteiger partial charge in [0.25, 0.3) is 0 Å². The van der Waals surface area contributed by atoms with Crippen molar-refractivity contribution in [2.75, 3.05) is 13.1 Å². The highest BCUT2D eigenvalue weighted by Gasteiger charge is 2.41. The Kier molecular flexibility index (Phi) is 5.02. The Labute approximate surface area is 145 Å². The van der Waals surface area contributed by atoms with Gasteiger partial charge in [-0.1, -0.05) is 30.3 Å². The van der Waals surface area contributed by atoms with E-state index >= 15 is 0 Å². The van der Waals surface area contributed by atoms with Crippen molar-refractivity contribution in [3.63, 3.8) is 0 Å². The Hall–Kier alpha value is -2.83. The van der Waals surface area contributed by atoms with E-state index in [-0.39, 0.29) is 19.1 Å². The van der Waals surface area contributed by atoms with Crippen LogP contribution >= 0.6 is 0 Å². The van der Waals surface area contributed by atoms with Crippen molar-refractivity contribution in [3.05, 3.63) is 53.9 Å². The molecule has 7 nitrogen and oxygen atoms in total. The molecule has 2 unspecified atom stereocenters. The molecule has 0 aliphatic carbocycles. The molecule has 0 spiro atoms. The zero-order chi connectivity index (χ0) is 17.8. The molecule has 2 atom stereocenters. The highest BCUT2D eigenvalue weighted by molar-refractivity contribution is 5.75. The summed E-state index contributed by atoms with van der Waals surface area (Å²) >= 11 is 0. The van der Waals surface area contributed by atoms with Gasteiger partial charge in [-0.3, -0.25) is 9.48 Å². The number of carboxylic acid groups (broad SMARTS) is 1. The second-order valence-electron chi connectivity index (χ2n) is 6.13. The standard InChI is InChI=1S/C18H21N3O4/c1-2-21-9-14(8-19-21)15-10-20(11-16(15)17(22)23)18(24)25-12-13-6-4-3-5-7-13/h3-9,15-16H,2,10-12H2,1H3,(H,22,23). The van der Waals surface area contributed by atoms with Gasteiger partial charge in [-0.15, -0.1) is 0 Å². The van der Waals surface area contributed by atoms with Crippen LogP contribution in [-0.2, 0) is 22.7 Å². The van der Waals surface area contributed by atoms with Crippen LogP contribution in [-0.4, -0.2) is 44.9 Å². The van der Waals surface area contributed by atoms with Crippen LogP contribution in [0.1, 0.15) is 24.0 Å². The predicted molar refractivity (Wildman–Crippen MR) is 90.0 cm³/mol. The van der Waals surface area contributed by atoms with E-state index < -0.39 is 18.0 Å². The number of hydrogen-bond acceptors (Lipinski definition) is 4. The minimum absolute atomic E-state index is 0.144. The summed E-state index contributed by atoms with van der Waals surface area (Å²) in [6, 6.07) is 9.39. The summed E-state index contributed by atoms with van der Waals surface area (Å²) in [4.78, 5) is 25.4. The first-order valence-electron chi connectivity index (χ1n) is 8.29. The fraction of sp³-hybridized carbons (Fsp3) is 0.389. The van der Waals surface area contributed by atoms with E-state index in [2.05, 4.69) is 5.10 Å². The predicted octanol–water partition coefficient (Wildman–Crippen LogP) is 2.34. The lowest BCUT2D eigenvalue weighted by atomic mass is 9.91. The number of aliphatic carboxylic acids is 1. The SMILES string of the molecule is CCn1cc(C2CN(C(=O)OCc3ccccc3)CC2C(=O)O)cn1. The van der Waals surface area contributed by atoms with E-state index in [1.54, 1.807) is 10.9 Å². The number of carboxylic acids is 1. The summed E-state index contributed by atoms with van der Waals surface area (Å²) in [6.45, 7) is 3.32. The zero-order valence-corrected chi connectivity index (χ0v) is 14.0. The first kappa shape index (κ1) is 17.0. The normalized spacial score (nSPS) is 19.8. The van der Waals surface area contributed by atoms with Crippen LogP contribution in [0.15, 0.2) is 42.7 Å². The molecule has 0 radical (unpaired) electrons. The van der Waals surface area contributed by atoms with Crippen LogP contribution in [0.4, 0.5) is 4.79 Å². The monoisotopic (exact) mass is 343 g/mol. The molecule has 0 saturated carbocycles. The Balaban J connectivity index is 1.66. The summed E-state index contributed by atoms with van der Waals surface area (Å²) in [7, 11) is 0. The summed E-state index contributed by atoms with van der Waals surface area (Å²) in [6.07, 6.45) is 3.04. The molecule has 1 aliphatic rings. The highest BCUT2D eigenvalue weighted by Crippen LogP contribution is 2.33. The van der Waals surface area contributed by atoms with Gasteiger partial charge in [0.05, 0.1) is 12.1 Å². The molecule has 1 aliphatic heterocycles. The average Bonchev–Trinajstić information content (AvgIpc) is 3.27. The number of hydrogen-bond donors (Lipinski definition) is 1. The van der Waals surface area contributed by atoms with Gasteiger partial charge in [0.1, 0.15) is 6.61 Å². The Morgan fingerprint density at radius 1 is 1.28 bits per heavy atom. The minimum atomic E-state index is -0.910. The Morgan fingerprint density at radius 3 is 2.68 bits per heavy atom. The van der Waals surface area contributed by atoms with Gasteiger partial charge >= 0.3 is 12.1 Å². The molecule has 1 aromatic heterocycles.